The lowest BCUT2D eigenvalue weighted by molar-refractivity contribution is 0.398. The summed E-state index contributed by atoms with van der Waals surface area (Å²) in [4.78, 5) is 4.20. The summed E-state index contributed by atoms with van der Waals surface area (Å²) in [6.07, 6.45) is 63.3. The second kappa shape index (κ2) is 44.2. The van der Waals surface area contributed by atoms with E-state index in [9.17, 15) is 0 Å². The lowest BCUT2D eigenvalue weighted by atomic mass is 9.70. The van der Waals surface area contributed by atoms with Gasteiger partial charge >= 0.3 is 0 Å². The number of hydrogen-bond donors (Lipinski definition) is 0. The first-order valence-electron chi connectivity index (χ1n) is 49.3. The van der Waals surface area contributed by atoms with Crippen LogP contribution in [0.1, 0.15) is 410 Å². The standard InChI is InChI=1S/C111H152N6/c1-9-17-25-33-39-51-73-109(74-52-40-34-26-18-10-2)99-59-47-45-57-93(99)95-65-61-85(81-101(95)109)89-69-71-91(107-105(89)112-116(114-107)79-55-43-37-29-21-13-5)87-63-67-97-98-68-64-88(84-104(98)111(103(97)83-87,77-49-31-23-15-7)78-50-32-24-16-8)92-72-70-90(106-108(92)115-117(113-106)80-56-44-38-30-22-14-6)86-62-66-96-94-58-46-48-60-100(94)110(102(96)82-86,75-53-41-35-27-19-11-3)76-54-42-36-28-20-12-4/h45-48,57-72,81-84H,9-44,49-56,73-80H2,1-8H3. The van der Waals surface area contributed by atoms with Gasteiger partial charge in [0.2, 0.25) is 0 Å². The average molecular weight is 1570 g/mol. The smallest absolute Gasteiger partial charge is 0.121 e. The quantitative estimate of drug-likeness (QED) is 0.0357. The highest BCUT2D eigenvalue weighted by atomic mass is 15.5. The molecule has 0 radical (unpaired) electrons. The van der Waals surface area contributed by atoms with Crippen LogP contribution < -0.4 is 0 Å². The molecule has 2 heterocycles. The maximum Gasteiger partial charge on any atom is 0.121 e. The molecule has 117 heavy (non-hydrogen) atoms. The van der Waals surface area contributed by atoms with E-state index in [4.69, 9.17) is 20.4 Å². The van der Waals surface area contributed by atoms with Gasteiger partial charge in [0, 0.05) is 38.5 Å². The third-order valence-corrected chi connectivity index (χ3v) is 28.5. The van der Waals surface area contributed by atoms with Crippen molar-refractivity contribution in [2.75, 3.05) is 0 Å². The molecule has 3 aliphatic carbocycles. The van der Waals surface area contributed by atoms with Gasteiger partial charge in [0.1, 0.15) is 22.1 Å². The topological polar surface area (TPSA) is 61.4 Å². The summed E-state index contributed by atoms with van der Waals surface area (Å²) >= 11 is 0. The van der Waals surface area contributed by atoms with Crippen molar-refractivity contribution in [2.45, 2.75) is 406 Å². The van der Waals surface area contributed by atoms with E-state index in [1.54, 1.807) is 22.3 Å². The van der Waals surface area contributed by atoms with Crippen LogP contribution in [0.2, 0.25) is 0 Å². The normalized spacial score (nSPS) is 13.9. The van der Waals surface area contributed by atoms with Crippen molar-refractivity contribution < 1.29 is 0 Å². The first-order chi connectivity index (χ1) is 57.7. The van der Waals surface area contributed by atoms with Crippen molar-refractivity contribution in [3.05, 3.63) is 179 Å². The highest BCUT2D eigenvalue weighted by Crippen LogP contribution is 2.60. The van der Waals surface area contributed by atoms with Gasteiger partial charge in [-0.15, -0.1) is 0 Å². The fourth-order valence-electron chi connectivity index (χ4n) is 21.9. The SMILES string of the molecule is CCCCCCCCn1nc2c(-c3ccc4c(c3)C(CCCCCC)(CCCCCC)c3cc(-c5ccc(-c6ccc7c(c6)C(CCCCCCCC)(CCCCCCCC)c6ccccc6-7)c6nn(CCCCCCCC)nc56)ccc3-4)ccc(-c3ccc4c(c3)C(CCCCCCCC)(CCCCCCCC)c3ccccc3-4)c2n1. The summed E-state index contributed by atoms with van der Waals surface area (Å²) in [7, 11) is 0. The molecule has 6 nitrogen and oxygen atoms in total. The number of fused-ring (bicyclic) bond motifs is 11. The Morgan fingerprint density at radius 1 is 0.188 bits per heavy atom. The Balaban J connectivity index is 0.911. The van der Waals surface area contributed by atoms with Crippen molar-refractivity contribution in [1.82, 2.24) is 30.0 Å². The van der Waals surface area contributed by atoms with Gasteiger partial charge in [-0.3, -0.25) is 0 Å². The highest BCUT2D eigenvalue weighted by molar-refractivity contribution is 6.04. The fraction of sp³-hybridized carbons (Fsp3) is 0.568. The van der Waals surface area contributed by atoms with E-state index in [1.807, 2.05) is 0 Å². The van der Waals surface area contributed by atoms with E-state index < -0.39 is 0 Å². The highest BCUT2D eigenvalue weighted by Gasteiger charge is 2.46. The number of nitrogens with zero attached hydrogens (tertiary/aromatic N) is 6. The zero-order valence-corrected chi connectivity index (χ0v) is 74.8. The lowest BCUT2D eigenvalue weighted by Crippen LogP contribution is -2.25. The molecule has 0 amide bonds. The Labute approximate surface area is 710 Å². The third kappa shape index (κ3) is 20.3. The van der Waals surface area contributed by atoms with Gasteiger partial charge in [0.05, 0.1) is 13.1 Å². The van der Waals surface area contributed by atoms with Crippen molar-refractivity contribution >= 4 is 22.1 Å². The van der Waals surface area contributed by atoms with Gasteiger partial charge in [0.15, 0.2) is 0 Å². The maximum absolute atomic E-state index is 5.69. The van der Waals surface area contributed by atoms with Gasteiger partial charge in [-0.2, -0.15) is 30.0 Å². The number of benzene rings is 8. The first kappa shape index (κ1) is 87.4. The number of aryl methyl sites for hydroxylation is 2. The van der Waals surface area contributed by atoms with E-state index >= 15 is 0 Å². The van der Waals surface area contributed by atoms with Crippen LogP contribution in [0.25, 0.3) is 100.0 Å². The lowest BCUT2D eigenvalue weighted by Gasteiger charge is -2.33. The van der Waals surface area contributed by atoms with Crippen LogP contribution in [0.5, 0.6) is 0 Å². The minimum absolute atomic E-state index is 0.0106. The van der Waals surface area contributed by atoms with Gasteiger partial charge in [0.25, 0.3) is 0 Å². The Bertz CT molecular complexity index is 4400. The van der Waals surface area contributed by atoms with Gasteiger partial charge in [-0.25, -0.2) is 0 Å². The molecular weight excluding hydrogens is 1420 g/mol. The summed E-state index contributed by atoms with van der Waals surface area (Å²) in [6, 6.07) is 59.5. The minimum atomic E-state index is -0.180. The molecule has 0 saturated carbocycles. The van der Waals surface area contributed by atoms with E-state index in [-0.39, 0.29) is 16.2 Å². The van der Waals surface area contributed by atoms with Crippen molar-refractivity contribution in [3.63, 3.8) is 0 Å². The van der Waals surface area contributed by atoms with Crippen LogP contribution in [-0.2, 0) is 29.3 Å². The summed E-state index contributed by atoms with van der Waals surface area (Å²) in [6.45, 7) is 20.4. The molecule has 10 aromatic rings. The van der Waals surface area contributed by atoms with Crippen molar-refractivity contribution in [1.29, 1.82) is 0 Å². The fourth-order valence-corrected chi connectivity index (χ4v) is 21.9. The molecule has 0 bridgehead atoms. The molecule has 8 aromatic carbocycles. The van der Waals surface area contributed by atoms with Gasteiger partial charge in [-0.05, 0) is 165 Å². The van der Waals surface area contributed by atoms with Crippen LogP contribution in [0, 0.1) is 0 Å². The molecule has 3 aliphatic rings. The van der Waals surface area contributed by atoms with E-state index in [1.165, 1.54) is 384 Å². The Morgan fingerprint density at radius 3 is 0.624 bits per heavy atom. The molecule has 0 N–H and O–H groups in total. The summed E-state index contributed by atoms with van der Waals surface area (Å²) in [5.41, 5.74) is 31.7. The Morgan fingerprint density at radius 2 is 0.376 bits per heavy atom. The number of hydrogen-bond acceptors (Lipinski definition) is 4. The Kier molecular flexibility index (Phi) is 33.0. The molecule has 13 rings (SSSR count). The van der Waals surface area contributed by atoms with Crippen LogP contribution >= 0.6 is 0 Å². The van der Waals surface area contributed by atoms with Crippen molar-refractivity contribution in [2.24, 2.45) is 0 Å². The predicted molar refractivity (Wildman–Crippen MR) is 505 cm³/mol. The maximum atomic E-state index is 5.69. The van der Waals surface area contributed by atoms with Crippen LogP contribution in [0.3, 0.4) is 0 Å². The second-order valence-corrected chi connectivity index (χ2v) is 36.9. The summed E-state index contributed by atoms with van der Waals surface area (Å²) in [5, 5.41) is 22.7. The molecule has 2 aromatic heterocycles. The van der Waals surface area contributed by atoms with Crippen molar-refractivity contribution in [3.8, 4) is 77.9 Å². The Hall–Kier alpha value is -7.44. The summed E-state index contributed by atoms with van der Waals surface area (Å²) in [5.74, 6) is 0. The van der Waals surface area contributed by atoms with E-state index in [0.717, 1.165) is 60.8 Å². The molecule has 0 unspecified atom stereocenters. The average Bonchev–Trinajstić information content (AvgIpc) is 1.60. The second-order valence-electron chi connectivity index (χ2n) is 36.9. The van der Waals surface area contributed by atoms with E-state index in [0.29, 0.717) is 0 Å². The number of unbranched alkanes of at least 4 members (excludes halogenated alkanes) is 36. The van der Waals surface area contributed by atoms with Crippen LogP contribution in [0.15, 0.2) is 146 Å². The monoisotopic (exact) mass is 1570 g/mol. The first-order valence-corrected chi connectivity index (χ1v) is 49.3. The number of rotatable bonds is 56. The molecule has 0 fully saturated rings. The molecule has 0 atom stereocenters. The molecule has 0 saturated heterocycles. The molecular formula is C111H152N6. The molecule has 6 heteroatoms. The van der Waals surface area contributed by atoms with Crippen LogP contribution in [-0.4, -0.2) is 30.0 Å². The van der Waals surface area contributed by atoms with Gasteiger partial charge in [-0.1, -0.05) is 446 Å². The van der Waals surface area contributed by atoms with Gasteiger partial charge < -0.3 is 0 Å². The predicted octanol–water partition coefficient (Wildman–Crippen LogP) is 34.3. The summed E-state index contributed by atoms with van der Waals surface area (Å²) < 4.78 is 0. The molecule has 626 valence electrons. The molecule has 0 aliphatic heterocycles. The van der Waals surface area contributed by atoms with E-state index in [2.05, 4.69) is 211 Å². The largest absolute Gasteiger partial charge is 0.184 e. The minimum Gasteiger partial charge on any atom is -0.184 e. The number of aromatic nitrogens is 6. The zero-order valence-electron chi connectivity index (χ0n) is 74.8. The third-order valence-electron chi connectivity index (χ3n) is 28.5. The van der Waals surface area contributed by atoms with Crippen LogP contribution in [0.4, 0.5) is 0 Å². The zero-order chi connectivity index (χ0) is 81.1. The molecule has 0 spiro atoms.